The number of nitrogens with zero attached hydrogens (tertiary/aromatic N) is 2. The van der Waals surface area contributed by atoms with Crippen molar-refractivity contribution in [1.29, 1.82) is 0 Å². The molecule has 0 fully saturated rings. The van der Waals surface area contributed by atoms with Gasteiger partial charge in [0.15, 0.2) is 0 Å². The van der Waals surface area contributed by atoms with Crippen molar-refractivity contribution >= 4 is 22.9 Å². The number of anilines is 4. The number of nitrogens with two attached hydrogens (primary N) is 2. The molecule has 0 atom stereocenters. The molecule has 2 aromatic heterocycles. The molecule has 15 heavy (non-hydrogen) atoms. The fourth-order valence-corrected chi connectivity index (χ4v) is 1.15. The normalized spacial score (nSPS) is 9.87. The highest BCUT2D eigenvalue weighted by Gasteiger charge is 1.96. The van der Waals surface area contributed by atoms with Crippen molar-refractivity contribution in [3.05, 3.63) is 36.8 Å². The van der Waals surface area contributed by atoms with Gasteiger partial charge in [0.25, 0.3) is 0 Å². The third-order valence-corrected chi connectivity index (χ3v) is 1.82. The summed E-state index contributed by atoms with van der Waals surface area (Å²) in [4.78, 5) is 8.06. The summed E-state index contributed by atoms with van der Waals surface area (Å²) in [6.07, 6.45) is 4.85. The van der Waals surface area contributed by atoms with Crippen molar-refractivity contribution in [3.63, 3.8) is 0 Å². The van der Waals surface area contributed by atoms with E-state index in [2.05, 4.69) is 15.3 Å². The summed E-state index contributed by atoms with van der Waals surface area (Å²) in [5.41, 5.74) is 13.2. The van der Waals surface area contributed by atoms with Crippen molar-refractivity contribution < 1.29 is 0 Å². The van der Waals surface area contributed by atoms with Gasteiger partial charge in [0.05, 0.1) is 29.5 Å². The SMILES string of the molecule is Nc1ccc(Nc2cncc(N)c2)nc1. The highest BCUT2D eigenvalue weighted by Crippen LogP contribution is 2.15. The van der Waals surface area contributed by atoms with Crippen molar-refractivity contribution in [1.82, 2.24) is 9.97 Å². The smallest absolute Gasteiger partial charge is 0.130 e. The van der Waals surface area contributed by atoms with Crippen LogP contribution in [0.4, 0.5) is 22.9 Å². The van der Waals surface area contributed by atoms with Gasteiger partial charge in [-0.3, -0.25) is 4.98 Å². The summed E-state index contributed by atoms with van der Waals surface area (Å²) >= 11 is 0. The Morgan fingerprint density at radius 3 is 2.53 bits per heavy atom. The topological polar surface area (TPSA) is 89.8 Å². The fraction of sp³-hybridized carbons (Fsp3) is 0. The lowest BCUT2D eigenvalue weighted by Gasteiger charge is -2.05. The lowest BCUT2D eigenvalue weighted by Crippen LogP contribution is -1.96. The lowest BCUT2D eigenvalue weighted by molar-refractivity contribution is 1.28. The van der Waals surface area contributed by atoms with E-state index in [9.17, 15) is 0 Å². The van der Waals surface area contributed by atoms with Gasteiger partial charge in [-0.25, -0.2) is 4.98 Å². The first-order chi connectivity index (χ1) is 7.24. The Kier molecular flexibility index (Phi) is 2.37. The molecule has 2 rings (SSSR count). The molecule has 2 aromatic rings. The Hall–Kier alpha value is -2.30. The van der Waals surface area contributed by atoms with Crippen molar-refractivity contribution in [2.24, 2.45) is 0 Å². The van der Waals surface area contributed by atoms with Crippen LogP contribution in [0, 0.1) is 0 Å². The van der Waals surface area contributed by atoms with Crippen LogP contribution in [0.15, 0.2) is 36.8 Å². The van der Waals surface area contributed by atoms with Crippen LogP contribution < -0.4 is 16.8 Å². The van der Waals surface area contributed by atoms with Crippen LogP contribution in [-0.4, -0.2) is 9.97 Å². The van der Waals surface area contributed by atoms with Gasteiger partial charge >= 0.3 is 0 Å². The minimum Gasteiger partial charge on any atom is -0.397 e. The maximum Gasteiger partial charge on any atom is 0.130 e. The molecule has 0 radical (unpaired) electrons. The van der Waals surface area contributed by atoms with E-state index in [-0.39, 0.29) is 0 Å². The van der Waals surface area contributed by atoms with E-state index in [1.54, 1.807) is 36.8 Å². The number of pyridine rings is 2. The number of aromatic nitrogens is 2. The average Bonchev–Trinajstić information content (AvgIpc) is 2.22. The molecular weight excluding hydrogens is 190 g/mol. The molecule has 5 nitrogen and oxygen atoms in total. The second-order valence-electron chi connectivity index (χ2n) is 3.11. The Morgan fingerprint density at radius 2 is 1.87 bits per heavy atom. The monoisotopic (exact) mass is 201 g/mol. The molecule has 0 aliphatic heterocycles. The minimum atomic E-state index is 0.607. The highest BCUT2D eigenvalue weighted by molar-refractivity contribution is 5.60. The molecule has 0 aromatic carbocycles. The average molecular weight is 201 g/mol. The molecule has 0 unspecified atom stereocenters. The number of nitrogens with one attached hydrogen (secondary N) is 1. The van der Waals surface area contributed by atoms with Gasteiger partial charge in [0.2, 0.25) is 0 Å². The number of rotatable bonds is 2. The van der Waals surface area contributed by atoms with Crippen LogP contribution in [0.1, 0.15) is 0 Å². The van der Waals surface area contributed by atoms with Gasteiger partial charge in [-0.2, -0.15) is 0 Å². The molecule has 5 heteroatoms. The van der Waals surface area contributed by atoms with E-state index < -0.39 is 0 Å². The zero-order valence-corrected chi connectivity index (χ0v) is 8.01. The molecule has 0 saturated carbocycles. The molecule has 0 saturated heterocycles. The Balaban J connectivity index is 2.18. The number of nitrogen functional groups attached to an aromatic ring is 2. The van der Waals surface area contributed by atoms with E-state index in [0.29, 0.717) is 17.2 Å². The molecule has 0 spiro atoms. The maximum absolute atomic E-state index is 5.59. The minimum absolute atomic E-state index is 0.607. The molecule has 5 N–H and O–H groups in total. The first kappa shape index (κ1) is 9.26. The van der Waals surface area contributed by atoms with E-state index in [1.807, 2.05) is 0 Å². The predicted molar refractivity (Wildman–Crippen MR) is 60.6 cm³/mol. The molecule has 0 amide bonds. The molecule has 2 heterocycles. The third kappa shape index (κ3) is 2.34. The molecule has 0 aliphatic carbocycles. The predicted octanol–water partition coefficient (Wildman–Crippen LogP) is 1.38. The van der Waals surface area contributed by atoms with Crippen LogP contribution in [0.25, 0.3) is 0 Å². The van der Waals surface area contributed by atoms with Crippen LogP contribution >= 0.6 is 0 Å². The van der Waals surface area contributed by atoms with Crippen LogP contribution in [0.3, 0.4) is 0 Å². The van der Waals surface area contributed by atoms with Gasteiger partial charge in [0, 0.05) is 6.20 Å². The summed E-state index contributed by atoms with van der Waals surface area (Å²) in [5.74, 6) is 0.705. The first-order valence-electron chi connectivity index (χ1n) is 4.43. The Bertz CT molecular complexity index is 452. The quantitative estimate of drug-likeness (QED) is 0.683. The largest absolute Gasteiger partial charge is 0.397 e. The van der Waals surface area contributed by atoms with Crippen molar-refractivity contribution in [3.8, 4) is 0 Å². The van der Waals surface area contributed by atoms with Gasteiger partial charge in [-0.05, 0) is 18.2 Å². The zero-order valence-electron chi connectivity index (χ0n) is 8.01. The second-order valence-corrected chi connectivity index (χ2v) is 3.11. The second kappa shape index (κ2) is 3.83. The van der Waals surface area contributed by atoms with Crippen LogP contribution in [-0.2, 0) is 0 Å². The fourth-order valence-electron chi connectivity index (χ4n) is 1.15. The van der Waals surface area contributed by atoms with Gasteiger partial charge in [-0.15, -0.1) is 0 Å². The summed E-state index contributed by atoms with van der Waals surface area (Å²) in [5, 5.41) is 3.06. The van der Waals surface area contributed by atoms with Crippen LogP contribution in [0.2, 0.25) is 0 Å². The molecule has 0 aliphatic rings. The van der Waals surface area contributed by atoms with E-state index in [0.717, 1.165) is 5.69 Å². The highest BCUT2D eigenvalue weighted by atomic mass is 15.0. The third-order valence-electron chi connectivity index (χ3n) is 1.82. The van der Waals surface area contributed by atoms with Gasteiger partial charge in [0.1, 0.15) is 5.82 Å². The Morgan fingerprint density at radius 1 is 1.00 bits per heavy atom. The van der Waals surface area contributed by atoms with Crippen molar-refractivity contribution in [2.75, 3.05) is 16.8 Å². The van der Waals surface area contributed by atoms with Crippen molar-refractivity contribution in [2.45, 2.75) is 0 Å². The van der Waals surface area contributed by atoms with Gasteiger partial charge in [-0.1, -0.05) is 0 Å². The summed E-state index contributed by atoms with van der Waals surface area (Å²) < 4.78 is 0. The molecular formula is C10H11N5. The number of hydrogen-bond donors (Lipinski definition) is 3. The van der Waals surface area contributed by atoms with E-state index >= 15 is 0 Å². The summed E-state index contributed by atoms with van der Waals surface area (Å²) in [6.45, 7) is 0. The van der Waals surface area contributed by atoms with Crippen LogP contribution in [0.5, 0.6) is 0 Å². The maximum atomic E-state index is 5.59. The molecule has 76 valence electrons. The van der Waals surface area contributed by atoms with E-state index in [4.69, 9.17) is 11.5 Å². The summed E-state index contributed by atoms with van der Waals surface area (Å²) in [7, 11) is 0. The summed E-state index contributed by atoms with van der Waals surface area (Å²) in [6, 6.07) is 5.35. The van der Waals surface area contributed by atoms with E-state index in [1.165, 1.54) is 0 Å². The Labute approximate surface area is 87.2 Å². The lowest BCUT2D eigenvalue weighted by atomic mass is 10.3. The molecule has 0 bridgehead atoms. The zero-order chi connectivity index (χ0) is 10.7. The standard InChI is InChI=1S/C10H11N5/c11-7-1-2-10(14-5-7)15-9-3-8(12)4-13-6-9/h1-6H,11-12H2,(H,14,15). The first-order valence-corrected chi connectivity index (χ1v) is 4.43. The van der Waals surface area contributed by atoms with Gasteiger partial charge < -0.3 is 16.8 Å². The number of hydrogen-bond acceptors (Lipinski definition) is 5.